The molecule has 2 aliphatic heterocycles. The first-order chi connectivity index (χ1) is 17.4. The van der Waals surface area contributed by atoms with Crippen LogP contribution in [0, 0.1) is 0 Å². The van der Waals surface area contributed by atoms with Crippen molar-refractivity contribution in [2.75, 3.05) is 45.5 Å². The normalized spacial score (nSPS) is 17.4. The Morgan fingerprint density at radius 2 is 1.59 bits per heavy atom. The lowest BCUT2D eigenvalue weighted by molar-refractivity contribution is -0.140. The van der Waals surface area contributed by atoms with Gasteiger partial charge >= 0.3 is 18.0 Å². The smallest absolute Gasteiger partial charge is 0.410 e. The highest BCUT2D eigenvalue weighted by Gasteiger charge is 2.33. The Balaban J connectivity index is 1.70. The lowest BCUT2D eigenvalue weighted by Gasteiger charge is -2.33. The molecule has 13 heteroatoms. The summed E-state index contributed by atoms with van der Waals surface area (Å²) in [4.78, 5) is 39.9. The summed E-state index contributed by atoms with van der Waals surface area (Å²) >= 11 is 0. The zero-order valence-electron chi connectivity index (χ0n) is 21.6. The Morgan fingerprint density at radius 3 is 2.14 bits per heavy atom. The summed E-state index contributed by atoms with van der Waals surface area (Å²) in [6.45, 7) is 5.95. The number of nitrogens with one attached hydrogen (secondary N) is 1. The van der Waals surface area contributed by atoms with E-state index in [-0.39, 0.29) is 35.5 Å². The average molecular weight is 540 g/mol. The van der Waals surface area contributed by atoms with Gasteiger partial charge in [-0.25, -0.2) is 27.5 Å². The molecular weight excluding hydrogens is 506 g/mol. The van der Waals surface area contributed by atoms with Crippen molar-refractivity contribution in [1.29, 1.82) is 0 Å². The predicted molar refractivity (Wildman–Crippen MR) is 132 cm³/mol. The number of sulfonamides is 1. The van der Waals surface area contributed by atoms with E-state index >= 15 is 0 Å². The van der Waals surface area contributed by atoms with Crippen molar-refractivity contribution in [3.8, 4) is 0 Å². The van der Waals surface area contributed by atoms with E-state index in [1.165, 1.54) is 43.4 Å². The third kappa shape index (κ3) is 6.99. The quantitative estimate of drug-likeness (QED) is 0.420. The molecule has 204 valence electrons. The molecule has 0 atom stereocenters. The van der Waals surface area contributed by atoms with Gasteiger partial charge in [0.15, 0.2) is 0 Å². The van der Waals surface area contributed by atoms with Crippen molar-refractivity contribution in [3.05, 3.63) is 35.5 Å². The predicted octanol–water partition coefficient (Wildman–Crippen LogP) is 1.76. The Labute approximate surface area is 216 Å². The number of amides is 1. The fourth-order valence-corrected chi connectivity index (χ4v) is 5.25. The van der Waals surface area contributed by atoms with Gasteiger partial charge in [0.2, 0.25) is 10.0 Å². The molecule has 37 heavy (non-hydrogen) atoms. The first-order valence-electron chi connectivity index (χ1n) is 11.7. The van der Waals surface area contributed by atoms with Crippen LogP contribution < -0.4 is 9.62 Å². The summed E-state index contributed by atoms with van der Waals surface area (Å²) in [5.74, 6) is -1.48. The zero-order valence-corrected chi connectivity index (χ0v) is 22.4. The van der Waals surface area contributed by atoms with Crippen LogP contribution in [0.2, 0.25) is 0 Å². The molecule has 1 saturated heterocycles. The number of carbonyl (C=O) groups excluding carboxylic acids is 3. The second-order valence-electron chi connectivity index (χ2n) is 9.57. The van der Waals surface area contributed by atoms with Crippen LogP contribution in [0.4, 0.5) is 10.5 Å². The summed E-state index contributed by atoms with van der Waals surface area (Å²) in [6, 6.07) is 5.47. The molecule has 2 aliphatic rings. The first-order valence-corrected chi connectivity index (χ1v) is 13.2. The van der Waals surface area contributed by atoms with Crippen LogP contribution in [0.25, 0.3) is 0 Å². The largest absolute Gasteiger partial charge is 0.466 e. The summed E-state index contributed by atoms with van der Waals surface area (Å²) in [5.41, 5.74) is -0.218. The molecule has 3 rings (SSSR count). The minimum atomic E-state index is -3.85. The third-order valence-corrected chi connectivity index (χ3v) is 7.30. The van der Waals surface area contributed by atoms with Gasteiger partial charge < -0.3 is 28.7 Å². The Bertz CT molecular complexity index is 1150. The van der Waals surface area contributed by atoms with E-state index < -0.39 is 33.7 Å². The van der Waals surface area contributed by atoms with E-state index in [1.54, 1.807) is 25.7 Å². The number of ether oxygens (including phenoxy) is 4. The number of benzene rings is 1. The number of piperidine rings is 1. The molecule has 1 aromatic rings. The summed E-state index contributed by atoms with van der Waals surface area (Å²) in [6.07, 6.45) is 0.484. The summed E-state index contributed by atoms with van der Waals surface area (Å²) in [7, 11) is -1.47. The second kappa shape index (κ2) is 11.5. The van der Waals surface area contributed by atoms with Gasteiger partial charge in [-0.1, -0.05) is 0 Å². The van der Waals surface area contributed by atoms with Gasteiger partial charge in [0.05, 0.1) is 31.3 Å². The fraction of sp³-hybridized carbons (Fsp3) is 0.542. The number of rotatable bonds is 6. The minimum Gasteiger partial charge on any atom is -0.466 e. The number of anilines is 1. The number of likely N-dealkylation sites (tertiary alicyclic amines) is 1. The molecule has 1 N–H and O–H groups in total. The van der Waals surface area contributed by atoms with E-state index in [9.17, 15) is 22.8 Å². The van der Waals surface area contributed by atoms with Gasteiger partial charge in [-0.2, -0.15) is 0 Å². The van der Waals surface area contributed by atoms with Gasteiger partial charge in [-0.3, -0.25) is 0 Å². The molecule has 0 aromatic heterocycles. The molecule has 1 amide bonds. The molecule has 0 radical (unpaired) electrons. The molecule has 12 nitrogen and oxygen atoms in total. The molecule has 0 unspecified atom stereocenters. The molecule has 0 spiro atoms. The van der Waals surface area contributed by atoms with E-state index in [0.717, 1.165) is 0 Å². The fourth-order valence-electron chi connectivity index (χ4n) is 3.95. The van der Waals surface area contributed by atoms with Crippen molar-refractivity contribution in [1.82, 2.24) is 9.62 Å². The maximum Gasteiger partial charge on any atom is 0.410 e. The Kier molecular flexibility index (Phi) is 8.82. The Hall–Kier alpha value is -3.16. The van der Waals surface area contributed by atoms with Gasteiger partial charge in [-0.05, 0) is 57.9 Å². The van der Waals surface area contributed by atoms with Crippen molar-refractivity contribution in [2.24, 2.45) is 0 Å². The average Bonchev–Trinajstić information content (AvgIpc) is 2.86. The van der Waals surface area contributed by atoms with E-state index in [4.69, 9.17) is 18.9 Å². The molecule has 1 aromatic carbocycles. The molecule has 0 aliphatic carbocycles. The van der Waals surface area contributed by atoms with Gasteiger partial charge in [0, 0.05) is 24.8 Å². The molecular formula is C24H33N3O9S. The number of nitrogens with zero attached hydrogens (tertiary/aromatic N) is 2. The van der Waals surface area contributed by atoms with E-state index in [0.29, 0.717) is 31.6 Å². The zero-order chi connectivity index (χ0) is 27.4. The van der Waals surface area contributed by atoms with Crippen molar-refractivity contribution in [2.45, 2.75) is 50.2 Å². The standard InChI is InChI=1S/C24H33N3O9S/c1-24(2,3)36-23(30)26-12-10-16(11-13-26)25-37(31,32)18-8-6-17(7-9-18)27-15-35-14-19(21(28)33-4)20(27)22(29)34-5/h6-9,16,25H,10-15H2,1-5H3. The van der Waals surface area contributed by atoms with Crippen molar-refractivity contribution < 1.29 is 41.7 Å². The van der Waals surface area contributed by atoms with Crippen LogP contribution in [0.3, 0.4) is 0 Å². The van der Waals surface area contributed by atoms with Crippen molar-refractivity contribution >= 4 is 33.7 Å². The maximum atomic E-state index is 13.0. The number of hydrogen-bond donors (Lipinski definition) is 1. The highest BCUT2D eigenvalue weighted by molar-refractivity contribution is 7.89. The summed E-state index contributed by atoms with van der Waals surface area (Å²) < 4.78 is 49.1. The minimum absolute atomic E-state index is 0.00307. The number of esters is 2. The lowest BCUT2D eigenvalue weighted by Crippen LogP contribution is -2.47. The van der Waals surface area contributed by atoms with Crippen LogP contribution in [-0.2, 0) is 38.6 Å². The van der Waals surface area contributed by atoms with Gasteiger partial charge in [0.25, 0.3) is 0 Å². The van der Waals surface area contributed by atoms with E-state index in [1.807, 2.05) is 0 Å². The highest BCUT2D eigenvalue weighted by Crippen LogP contribution is 2.28. The number of hydrogen-bond acceptors (Lipinski definition) is 10. The third-order valence-electron chi connectivity index (χ3n) is 5.76. The van der Waals surface area contributed by atoms with Crippen LogP contribution in [0.1, 0.15) is 33.6 Å². The number of carbonyl (C=O) groups is 3. The van der Waals surface area contributed by atoms with Crippen LogP contribution in [0.15, 0.2) is 40.4 Å². The van der Waals surface area contributed by atoms with E-state index in [2.05, 4.69) is 4.72 Å². The van der Waals surface area contributed by atoms with Crippen LogP contribution in [-0.4, -0.2) is 83.6 Å². The summed E-state index contributed by atoms with van der Waals surface area (Å²) in [5, 5.41) is 0. The lowest BCUT2D eigenvalue weighted by atomic mass is 10.1. The first kappa shape index (κ1) is 28.4. The molecule has 2 heterocycles. The van der Waals surface area contributed by atoms with Crippen molar-refractivity contribution in [3.63, 3.8) is 0 Å². The highest BCUT2D eigenvalue weighted by atomic mass is 32.2. The molecule has 1 fully saturated rings. The second-order valence-corrected chi connectivity index (χ2v) is 11.3. The molecule has 0 saturated carbocycles. The Morgan fingerprint density at radius 1 is 1.00 bits per heavy atom. The SMILES string of the molecule is COC(=O)C1=C(C(=O)OC)N(c2ccc(S(=O)(=O)NC3CCN(C(=O)OC(C)(C)C)CC3)cc2)COC1. The maximum absolute atomic E-state index is 13.0. The van der Waals surface area contributed by atoms with Gasteiger partial charge in [-0.15, -0.1) is 0 Å². The number of methoxy groups -OCH3 is 2. The van der Waals surface area contributed by atoms with Gasteiger partial charge in [0.1, 0.15) is 18.0 Å². The van der Waals surface area contributed by atoms with Crippen LogP contribution >= 0.6 is 0 Å². The monoisotopic (exact) mass is 539 g/mol. The van der Waals surface area contributed by atoms with Crippen LogP contribution in [0.5, 0.6) is 0 Å². The molecule has 0 bridgehead atoms. The topological polar surface area (TPSA) is 141 Å².